The van der Waals surface area contributed by atoms with Crippen LogP contribution >= 0.6 is 0 Å². The van der Waals surface area contributed by atoms with Crippen molar-refractivity contribution in [2.45, 2.75) is 46.1 Å². The Morgan fingerprint density at radius 1 is 1.17 bits per heavy atom. The van der Waals surface area contributed by atoms with Gasteiger partial charge in [-0.25, -0.2) is 8.42 Å². The molecule has 0 spiro atoms. The van der Waals surface area contributed by atoms with E-state index in [9.17, 15) is 13.2 Å². The number of hydrogen-bond donors (Lipinski definition) is 1. The van der Waals surface area contributed by atoms with Gasteiger partial charge in [-0.3, -0.25) is 9.10 Å². The molecule has 0 heterocycles. The van der Waals surface area contributed by atoms with Gasteiger partial charge in [0.1, 0.15) is 12.3 Å². The van der Waals surface area contributed by atoms with Crippen molar-refractivity contribution in [3.63, 3.8) is 0 Å². The second-order valence-electron chi connectivity index (χ2n) is 7.74. The van der Waals surface area contributed by atoms with Gasteiger partial charge in [0.05, 0.1) is 25.1 Å². The Hall–Kier alpha value is -2.54. The Kier molecular flexibility index (Phi) is 7.89. The van der Waals surface area contributed by atoms with Crippen LogP contribution in [0.15, 0.2) is 42.5 Å². The third kappa shape index (κ3) is 5.75. The molecule has 1 amide bonds. The van der Waals surface area contributed by atoms with Gasteiger partial charge in [0.2, 0.25) is 15.9 Å². The number of ether oxygens (including phenoxy) is 1. The molecule has 6 nitrogen and oxygen atoms in total. The minimum atomic E-state index is -3.64. The lowest BCUT2D eigenvalue weighted by Gasteiger charge is -2.27. The van der Waals surface area contributed by atoms with E-state index in [0.29, 0.717) is 12.1 Å². The summed E-state index contributed by atoms with van der Waals surface area (Å²) in [6, 6.07) is 12.9. The van der Waals surface area contributed by atoms with E-state index in [1.54, 1.807) is 19.2 Å². The zero-order chi connectivity index (χ0) is 22.5. The number of nitrogens with zero attached hydrogens (tertiary/aromatic N) is 1. The first-order valence-electron chi connectivity index (χ1n) is 10.1. The smallest absolute Gasteiger partial charge is 0.241 e. The van der Waals surface area contributed by atoms with Crippen molar-refractivity contribution in [2.24, 2.45) is 0 Å². The van der Waals surface area contributed by atoms with Crippen molar-refractivity contribution in [3.05, 3.63) is 59.2 Å². The lowest BCUT2D eigenvalue weighted by Crippen LogP contribution is -2.42. The maximum atomic E-state index is 12.9. The maximum absolute atomic E-state index is 12.9. The molecule has 1 unspecified atom stereocenters. The Bertz CT molecular complexity index is 986. The summed E-state index contributed by atoms with van der Waals surface area (Å²) in [5.41, 5.74) is 3.36. The Labute approximate surface area is 180 Å². The molecule has 2 rings (SSSR count). The molecule has 0 radical (unpaired) electrons. The van der Waals surface area contributed by atoms with E-state index in [0.717, 1.165) is 28.7 Å². The molecule has 0 aliphatic carbocycles. The van der Waals surface area contributed by atoms with E-state index in [1.165, 1.54) is 4.31 Å². The predicted molar refractivity (Wildman–Crippen MR) is 122 cm³/mol. The van der Waals surface area contributed by atoms with Gasteiger partial charge in [0.15, 0.2) is 0 Å². The van der Waals surface area contributed by atoms with Crippen LogP contribution in [0.2, 0.25) is 0 Å². The van der Waals surface area contributed by atoms with Crippen LogP contribution in [0, 0.1) is 6.92 Å². The number of methoxy groups -OCH3 is 1. The summed E-state index contributed by atoms with van der Waals surface area (Å²) in [5, 5.41) is 2.98. The van der Waals surface area contributed by atoms with E-state index in [4.69, 9.17) is 4.74 Å². The first kappa shape index (κ1) is 23.7. The molecule has 164 valence electrons. The van der Waals surface area contributed by atoms with Crippen LogP contribution in [0.3, 0.4) is 0 Å². The topological polar surface area (TPSA) is 75.7 Å². The van der Waals surface area contributed by atoms with Crippen LogP contribution in [0.25, 0.3) is 0 Å². The van der Waals surface area contributed by atoms with Gasteiger partial charge >= 0.3 is 0 Å². The highest BCUT2D eigenvalue weighted by Crippen LogP contribution is 2.29. The minimum absolute atomic E-state index is 0.124. The van der Waals surface area contributed by atoms with Crippen LogP contribution in [-0.4, -0.2) is 34.2 Å². The Morgan fingerprint density at radius 2 is 1.83 bits per heavy atom. The van der Waals surface area contributed by atoms with Gasteiger partial charge in [-0.2, -0.15) is 0 Å². The van der Waals surface area contributed by atoms with Crippen LogP contribution in [0.5, 0.6) is 5.75 Å². The number of rotatable bonds is 9. The summed E-state index contributed by atoms with van der Waals surface area (Å²) in [4.78, 5) is 12.9. The van der Waals surface area contributed by atoms with Crippen LogP contribution < -0.4 is 14.4 Å². The summed E-state index contributed by atoms with van der Waals surface area (Å²) < 4.78 is 31.5. The molecule has 0 aromatic heterocycles. The molecule has 1 atom stereocenters. The van der Waals surface area contributed by atoms with Gasteiger partial charge < -0.3 is 10.1 Å². The van der Waals surface area contributed by atoms with Crippen molar-refractivity contribution >= 4 is 21.6 Å². The maximum Gasteiger partial charge on any atom is 0.241 e. The van der Waals surface area contributed by atoms with Crippen molar-refractivity contribution in [1.82, 2.24) is 5.32 Å². The van der Waals surface area contributed by atoms with E-state index in [1.807, 2.05) is 58.0 Å². The molecular formula is C23H32N2O4S. The van der Waals surface area contributed by atoms with Crippen molar-refractivity contribution in [3.8, 4) is 5.75 Å². The molecule has 0 saturated carbocycles. The number of aryl methyl sites for hydroxylation is 1. The number of hydrogen-bond acceptors (Lipinski definition) is 4. The van der Waals surface area contributed by atoms with Crippen LogP contribution in [0.1, 0.15) is 55.8 Å². The number of para-hydroxylation sites is 1. The number of nitrogens with one attached hydrogen (secondary N) is 1. The molecule has 2 aromatic rings. The second kappa shape index (κ2) is 9.98. The van der Waals surface area contributed by atoms with Crippen molar-refractivity contribution in [2.75, 3.05) is 24.2 Å². The van der Waals surface area contributed by atoms with Crippen molar-refractivity contribution < 1.29 is 17.9 Å². The second-order valence-corrected chi connectivity index (χ2v) is 9.65. The first-order chi connectivity index (χ1) is 14.1. The van der Waals surface area contributed by atoms with Crippen molar-refractivity contribution in [1.29, 1.82) is 0 Å². The molecule has 30 heavy (non-hydrogen) atoms. The zero-order valence-corrected chi connectivity index (χ0v) is 19.4. The van der Waals surface area contributed by atoms with E-state index >= 15 is 0 Å². The SMILES string of the molecule is CCC(NC(=O)CN(c1ccccc1C(C)C)S(C)(=O)=O)c1ccc(OC)c(C)c1. The molecule has 0 fully saturated rings. The lowest BCUT2D eigenvalue weighted by molar-refractivity contribution is -0.120. The lowest BCUT2D eigenvalue weighted by atomic mass is 10.0. The average molecular weight is 433 g/mol. The van der Waals surface area contributed by atoms with E-state index in [2.05, 4.69) is 5.32 Å². The molecule has 1 N–H and O–H groups in total. The summed E-state index contributed by atoms with van der Waals surface area (Å²) in [6.07, 6.45) is 1.81. The number of carbonyl (C=O) groups excluding carboxylic acids is 1. The summed E-state index contributed by atoms with van der Waals surface area (Å²) in [5.74, 6) is 0.562. The molecule has 0 aliphatic rings. The number of benzene rings is 2. The average Bonchev–Trinajstić information content (AvgIpc) is 2.69. The summed E-state index contributed by atoms with van der Waals surface area (Å²) in [7, 11) is -2.02. The number of amides is 1. The largest absolute Gasteiger partial charge is 0.496 e. The van der Waals surface area contributed by atoms with Gasteiger partial charge in [-0.1, -0.05) is 51.1 Å². The monoisotopic (exact) mass is 432 g/mol. The molecule has 2 aromatic carbocycles. The Balaban J connectivity index is 2.27. The predicted octanol–water partition coefficient (Wildman–Crippen LogP) is 4.16. The molecular weight excluding hydrogens is 400 g/mol. The highest BCUT2D eigenvalue weighted by atomic mass is 32.2. The summed E-state index contributed by atoms with van der Waals surface area (Å²) in [6.45, 7) is 7.66. The number of anilines is 1. The molecule has 0 bridgehead atoms. The third-order valence-electron chi connectivity index (χ3n) is 5.08. The number of carbonyl (C=O) groups is 1. The fraction of sp³-hybridized carbons (Fsp3) is 0.435. The quantitative estimate of drug-likeness (QED) is 0.646. The Morgan fingerprint density at radius 3 is 2.37 bits per heavy atom. The standard InChI is InChI=1S/C23H32N2O4S/c1-7-20(18-12-13-22(29-5)17(4)14-18)24-23(26)15-25(30(6,27)28)21-11-9-8-10-19(21)16(2)3/h8-14,16,20H,7,15H2,1-6H3,(H,24,26). The van der Waals surface area contributed by atoms with Gasteiger partial charge in [0, 0.05) is 0 Å². The highest BCUT2D eigenvalue weighted by molar-refractivity contribution is 7.92. The summed E-state index contributed by atoms with van der Waals surface area (Å²) >= 11 is 0. The van der Waals surface area contributed by atoms with E-state index < -0.39 is 10.0 Å². The fourth-order valence-electron chi connectivity index (χ4n) is 3.49. The van der Waals surface area contributed by atoms with E-state index in [-0.39, 0.29) is 24.4 Å². The van der Waals surface area contributed by atoms with Crippen LogP contribution in [-0.2, 0) is 14.8 Å². The van der Waals surface area contributed by atoms with Gasteiger partial charge in [-0.05, 0) is 48.1 Å². The molecule has 0 aliphatic heterocycles. The highest BCUT2D eigenvalue weighted by Gasteiger charge is 2.25. The molecule has 7 heteroatoms. The number of sulfonamides is 1. The minimum Gasteiger partial charge on any atom is -0.496 e. The van der Waals surface area contributed by atoms with Gasteiger partial charge in [0.25, 0.3) is 0 Å². The fourth-order valence-corrected chi connectivity index (χ4v) is 4.37. The first-order valence-corrected chi connectivity index (χ1v) is 11.9. The van der Waals surface area contributed by atoms with Gasteiger partial charge in [-0.15, -0.1) is 0 Å². The third-order valence-corrected chi connectivity index (χ3v) is 6.21. The molecule has 0 saturated heterocycles. The van der Waals surface area contributed by atoms with Crippen LogP contribution in [0.4, 0.5) is 5.69 Å². The normalized spacial score (nSPS) is 12.5. The zero-order valence-electron chi connectivity index (χ0n) is 18.6.